The van der Waals surface area contributed by atoms with Gasteiger partial charge in [-0.2, -0.15) is 31.0 Å². The number of halogens is 7. The van der Waals surface area contributed by atoms with Gasteiger partial charge in [0, 0.05) is 19.4 Å². The number of rotatable bonds is 1. The van der Waals surface area contributed by atoms with Crippen molar-refractivity contribution in [1.29, 1.82) is 0 Å². The minimum Gasteiger partial charge on any atom is -0.292 e. The smallest absolute Gasteiger partial charge is 0.292 e. The zero-order valence-corrected chi connectivity index (χ0v) is 16.3. The Morgan fingerprint density at radius 3 is 2.31 bits per heavy atom. The molecule has 0 saturated carbocycles. The monoisotopic (exact) mass is 527 g/mol. The largest absolute Gasteiger partial charge is 0.417 e. The molecule has 0 bridgehead atoms. The van der Waals surface area contributed by atoms with Gasteiger partial charge >= 0.3 is 12.4 Å². The van der Waals surface area contributed by atoms with Crippen LogP contribution in [0.5, 0.6) is 0 Å². The molecule has 13 heteroatoms. The maximum absolute atomic E-state index is 13.0. The van der Waals surface area contributed by atoms with E-state index in [0.29, 0.717) is 12.3 Å². The second kappa shape index (κ2) is 6.21. The quantitative estimate of drug-likeness (QED) is 0.278. The van der Waals surface area contributed by atoms with Gasteiger partial charge < -0.3 is 0 Å². The van der Waals surface area contributed by atoms with Gasteiger partial charge in [0.2, 0.25) is 0 Å². The first-order valence-electron chi connectivity index (χ1n) is 7.79. The van der Waals surface area contributed by atoms with Crippen LogP contribution in [-0.4, -0.2) is 23.7 Å². The average molecular weight is 527 g/mol. The van der Waals surface area contributed by atoms with E-state index in [0.717, 1.165) is 27.4 Å². The van der Waals surface area contributed by atoms with Crippen LogP contribution < -0.4 is 5.56 Å². The Bertz CT molecular complexity index is 1330. The third-order valence-corrected chi connectivity index (χ3v) is 5.30. The SMILES string of the molecule is Cn1c2ncc(C(F)(F)F)cc2c(=O)n1-c1nc2ccc(C(F)(F)F)cn2c1I. The average Bonchev–Trinajstić information content (AvgIpc) is 3.07. The first-order valence-corrected chi connectivity index (χ1v) is 8.87. The van der Waals surface area contributed by atoms with E-state index in [1.807, 2.05) is 0 Å². The summed E-state index contributed by atoms with van der Waals surface area (Å²) in [6.07, 6.45) is -7.81. The Balaban J connectivity index is 1.98. The van der Waals surface area contributed by atoms with Crippen LogP contribution in [-0.2, 0) is 19.4 Å². The molecule has 4 rings (SSSR count). The van der Waals surface area contributed by atoms with Crippen molar-refractivity contribution in [1.82, 2.24) is 23.7 Å². The highest BCUT2D eigenvalue weighted by molar-refractivity contribution is 14.1. The number of imidazole rings is 1. The van der Waals surface area contributed by atoms with Gasteiger partial charge in [0.25, 0.3) is 5.56 Å². The number of aromatic nitrogens is 5. The Morgan fingerprint density at radius 2 is 1.69 bits per heavy atom. The van der Waals surface area contributed by atoms with Crippen LogP contribution >= 0.6 is 22.6 Å². The summed E-state index contributed by atoms with van der Waals surface area (Å²) < 4.78 is 81.3. The van der Waals surface area contributed by atoms with E-state index in [1.165, 1.54) is 11.7 Å². The molecule has 4 aromatic rings. The van der Waals surface area contributed by atoms with Crippen molar-refractivity contribution in [2.75, 3.05) is 0 Å². The number of pyridine rings is 2. The Kier molecular flexibility index (Phi) is 4.22. The molecule has 0 fully saturated rings. The van der Waals surface area contributed by atoms with Gasteiger partial charge in [0.1, 0.15) is 9.35 Å². The van der Waals surface area contributed by atoms with E-state index in [2.05, 4.69) is 9.97 Å². The zero-order valence-electron chi connectivity index (χ0n) is 14.2. The lowest BCUT2D eigenvalue weighted by molar-refractivity contribution is -0.138. The van der Waals surface area contributed by atoms with Crippen molar-refractivity contribution in [2.24, 2.45) is 7.05 Å². The summed E-state index contributed by atoms with van der Waals surface area (Å²) in [5.74, 6) is -0.0241. The molecule has 0 N–H and O–H groups in total. The summed E-state index contributed by atoms with van der Waals surface area (Å²) in [7, 11) is 1.39. The lowest BCUT2D eigenvalue weighted by Crippen LogP contribution is -2.20. The first kappa shape index (κ1) is 19.7. The van der Waals surface area contributed by atoms with E-state index in [9.17, 15) is 31.1 Å². The molecule has 0 aliphatic carbocycles. The highest BCUT2D eigenvalue weighted by Gasteiger charge is 2.33. The second-order valence-electron chi connectivity index (χ2n) is 6.10. The summed E-state index contributed by atoms with van der Waals surface area (Å²) >= 11 is 1.72. The first-order chi connectivity index (χ1) is 13.4. The van der Waals surface area contributed by atoms with E-state index >= 15 is 0 Å². The van der Waals surface area contributed by atoms with Gasteiger partial charge in [-0.3, -0.25) is 13.9 Å². The number of nitrogens with zero attached hydrogens (tertiary/aromatic N) is 5. The molecule has 4 aromatic heterocycles. The van der Waals surface area contributed by atoms with Crippen LogP contribution in [0.3, 0.4) is 0 Å². The fraction of sp³-hybridized carbons (Fsp3) is 0.188. The Morgan fingerprint density at radius 1 is 1.03 bits per heavy atom. The third-order valence-electron chi connectivity index (χ3n) is 4.29. The minimum absolute atomic E-state index is 0.0214. The predicted molar refractivity (Wildman–Crippen MR) is 97.8 cm³/mol. The van der Waals surface area contributed by atoms with Crippen molar-refractivity contribution in [2.45, 2.75) is 12.4 Å². The zero-order chi connectivity index (χ0) is 21.3. The van der Waals surface area contributed by atoms with Gasteiger partial charge in [0.05, 0.1) is 16.5 Å². The summed E-state index contributed by atoms with van der Waals surface area (Å²) in [4.78, 5) is 20.7. The lowest BCUT2D eigenvalue weighted by Gasteiger charge is -2.07. The molecule has 0 unspecified atom stereocenters. The van der Waals surface area contributed by atoms with E-state index in [-0.39, 0.29) is 26.2 Å². The van der Waals surface area contributed by atoms with Crippen LogP contribution in [0.2, 0.25) is 0 Å². The van der Waals surface area contributed by atoms with E-state index in [1.54, 1.807) is 22.6 Å². The maximum atomic E-state index is 13.0. The summed E-state index contributed by atoms with van der Waals surface area (Å²) in [6.45, 7) is 0. The van der Waals surface area contributed by atoms with Crippen molar-refractivity contribution >= 4 is 39.3 Å². The molecule has 4 heterocycles. The fourth-order valence-corrected chi connectivity index (χ4v) is 3.65. The van der Waals surface area contributed by atoms with Gasteiger partial charge in [-0.1, -0.05) is 0 Å². The van der Waals surface area contributed by atoms with Crippen LogP contribution in [0, 0.1) is 3.70 Å². The topological polar surface area (TPSA) is 57.1 Å². The standard InChI is InChI=1S/C16H8F6IN5O/c1-26-12-9(4-8(5-24-12)16(20,21)22)14(29)28(26)13-11(23)27-6-7(15(17,18)19)2-3-10(27)25-13/h2-6H,1H3. The molecule has 152 valence electrons. The molecule has 0 aliphatic rings. The molecular weight excluding hydrogens is 519 g/mol. The van der Waals surface area contributed by atoms with Gasteiger partial charge in [-0.05, 0) is 40.8 Å². The minimum atomic E-state index is -4.68. The van der Waals surface area contributed by atoms with Gasteiger partial charge in [-0.15, -0.1) is 0 Å². The normalized spacial score (nSPS) is 13.0. The van der Waals surface area contributed by atoms with Gasteiger partial charge in [-0.25, -0.2) is 9.97 Å². The third kappa shape index (κ3) is 3.07. The van der Waals surface area contributed by atoms with E-state index in [4.69, 9.17) is 0 Å². The van der Waals surface area contributed by atoms with Gasteiger partial charge in [0.15, 0.2) is 11.5 Å². The highest BCUT2D eigenvalue weighted by atomic mass is 127. The molecule has 29 heavy (non-hydrogen) atoms. The molecule has 6 nitrogen and oxygen atoms in total. The summed E-state index contributed by atoms with van der Waals surface area (Å²) in [6, 6.07) is 2.68. The van der Waals surface area contributed by atoms with Crippen molar-refractivity contribution in [3.63, 3.8) is 0 Å². The number of fused-ring (bicyclic) bond motifs is 2. The fourth-order valence-electron chi connectivity index (χ4n) is 2.92. The summed E-state index contributed by atoms with van der Waals surface area (Å²) in [5, 5.41) is -0.286. The molecule has 0 saturated heterocycles. The second-order valence-corrected chi connectivity index (χ2v) is 7.13. The number of aryl methyl sites for hydroxylation is 1. The van der Waals surface area contributed by atoms with Crippen LogP contribution in [0.15, 0.2) is 35.4 Å². The van der Waals surface area contributed by atoms with Crippen LogP contribution in [0.1, 0.15) is 11.1 Å². The Labute approximate surface area is 170 Å². The van der Waals surface area contributed by atoms with Crippen molar-refractivity contribution < 1.29 is 26.3 Å². The van der Waals surface area contributed by atoms with Crippen molar-refractivity contribution in [3.05, 3.63) is 55.8 Å². The Hall–Kier alpha value is -2.58. The molecule has 0 aliphatic heterocycles. The number of hydrogen-bond donors (Lipinski definition) is 0. The van der Waals surface area contributed by atoms with Crippen LogP contribution in [0.4, 0.5) is 26.3 Å². The number of hydrogen-bond acceptors (Lipinski definition) is 3. The molecule has 0 amide bonds. The number of alkyl halides is 6. The van der Waals surface area contributed by atoms with E-state index < -0.39 is 29.0 Å². The molecule has 0 radical (unpaired) electrons. The van der Waals surface area contributed by atoms with Crippen LogP contribution in [0.25, 0.3) is 22.5 Å². The molecule has 0 spiro atoms. The maximum Gasteiger partial charge on any atom is 0.417 e. The summed E-state index contributed by atoms with van der Waals surface area (Å²) in [5.41, 5.74) is -2.70. The predicted octanol–water partition coefficient (Wildman–Crippen LogP) is 4.01. The molecule has 0 aromatic carbocycles. The lowest BCUT2D eigenvalue weighted by atomic mass is 10.2. The van der Waals surface area contributed by atoms with Crippen molar-refractivity contribution in [3.8, 4) is 5.82 Å². The molecular formula is C16H8F6IN5O. The highest BCUT2D eigenvalue weighted by Crippen LogP contribution is 2.32. The molecule has 0 atom stereocenters.